The molecule has 2 aromatic rings. The summed E-state index contributed by atoms with van der Waals surface area (Å²) < 4.78 is 5.09. The molecule has 0 aliphatic carbocycles. The van der Waals surface area contributed by atoms with E-state index in [1.54, 1.807) is 44.4 Å². The summed E-state index contributed by atoms with van der Waals surface area (Å²) >= 11 is 6.21. The van der Waals surface area contributed by atoms with Crippen molar-refractivity contribution in [3.05, 3.63) is 59.1 Å². The molecule has 0 saturated carbocycles. The average Bonchev–Trinajstić information content (AvgIpc) is 2.66. The zero-order valence-electron chi connectivity index (χ0n) is 16.3. The molecule has 2 rings (SSSR count). The van der Waals surface area contributed by atoms with Crippen molar-refractivity contribution in [3.63, 3.8) is 0 Å². The normalized spacial score (nSPS) is 11.8. The summed E-state index contributed by atoms with van der Waals surface area (Å²) in [6.45, 7) is 1.62. The van der Waals surface area contributed by atoms with Gasteiger partial charge in [-0.1, -0.05) is 23.7 Å². The molecule has 0 aromatic heterocycles. The molecule has 0 fully saturated rings. The van der Waals surface area contributed by atoms with Gasteiger partial charge in [-0.3, -0.25) is 9.59 Å². The van der Waals surface area contributed by atoms with Gasteiger partial charge in [0.25, 0.3) is 0 Å². The van der Waals surface area contributed by atoms with Crippen molar-refractivity contribution >= 4 is 40.9 Å². The number of nitrogens with zero attached hydrogens (tertiary/aromatic N) is 1. The third-order valence-corrected chi connectivity index (χ3v) is 4.29. The Morgan fingerprint density at radius 3 is 2.39 bits per heavy atom. The lowest BCUT2D eigenvalue weighted by atomic mass is 10.2. The molecule has 0 radical (unpaired) electrons. The van der Waals surface area contributed by atoms with Gasteiger partial charge in [-0.05, 0) is 48.9 Å². The van der Waals surface area contributed by atoms with Crippen LogP contribution in [0.1, 0.15) is 12.5 Å². The highest BCUT2D eigenvalue weighted by Gasteiger charge is 2.15. The first kappa shape index (κ1) is 21.3. The second-order valence-corrected chi connectivity index (χ2v) is 6.79. The van der Waals surface area contributed by atoms with Gasteiger partial charge >= 0.3 is 0 Å². The number of carbonyl (C=O) groups excluding carboxylic acids is 2. The molecule has 0 spiro atoms. The number of rotatable bonds is 7. The van der Waals surface area contributed by atoms with E-state index < -0.39 is 6.04 Å². The summed E-state index contributed by atoms with van der Waals surface area (Å²) in [5, 5.41) is 5.91. The highest BCUT2D eigenvalue weighted by molar-refractivity contribution is 6.33. The molecular weight excluding hydrogens is 378 g/mol. The summed E-state index contributed by atoms with van der Waals surface area (Å²) in [4.78, 5) is 26.2. The van der Waals surface area contributed by atoms with Crippen molar-refractivity contribution in [1.82, 2.24) is 5.32 Å². The van der Waals surface area contributed by atoms with E-state index in [1.807, 2.05) is 37.2 Å². The average molecular weight is 402 g/mol. The number of nitrogens with one attached hydrogen (secondary N) is 2. The Labute approximate surface area is 170 Å². The number of anilines is 2. The molecule has 28 heavy (non-hydrogen) atoms. The number of halogens is 1. The maximum atomic E-state index is 12.3. The number of amides is 2. The van der Waals surface area contributed by atoms with E-state index in [1.165, 1.54) is 6.08 Å². The van der Waals surface area contributed by atoms with E-state index in [0.717, 1.165) is 17.0 Å². The van der Waals surface area contributed by atoms with Gasteiger partial charge in [-0.15, -0.1) is 0 Å². The topological polar surface area (TPSA) is 70.7 Å². The second-order valence-electron chi connectivity index (χ2n) is 6.39. The Balaban J connectivity index is 1.91. The highest BCUT2D eigenvalue weighted by atomic mass is 35.5. The van der Waals surface area contributed by atoms with Crippen LogP contribution in [0.2, 0.25) is 5.02 Å². The first-order valence-electron chi connectivity index (χ1n) is 8.70. The van der Waals surface area contributed by atoms with Gasteiger partial charge in [0.05, 0.1) is 17.8 Å². The van der Waals surface area contributed by atoms with Crippen LogP contribution in [-0.2, 0) is 9.59 Å². The van der Waals surface area contributed by atoms with Gasteiger partial charge < -0.3 is 20.3 Å². The van der Waals surface area contributed by atoms with Crippen LogP contribution < -0.4 is 20.3 Å². The lowest BCUT2D eigenvalue weighted by Gasteiger charge is -2.17. The fourth-order valence-electron chi connectivity index (χ4n) is 2.41. The minimum Gasteiger partial charge on any atom is -0.497 e. The maximum absolute atomic E-state index is 12.3. The Bertz CT molecular complexity index is 864. The van der Waals surface area contributed by atoms with Crippen molar-refractivity contribution in [1.29, 1.82) is 0 Å². The minimum absolute atomic E-state index is 0.333. The van der Waals surface area contributed by atoms with Crippen LogP contribution in [0.3, 0.4) is 0 Å². The SMILES string of the molecule is COc1ccc(C=CC(=O)NC(C)C(=O)Nc2ccc(N(C)C)c(Cl)c2)cc1. The lowest BCUT2D eigenvalue weighted by Crippen LogP contribution is -2.40. The zero-order valence-corrected chi connectivity index (χ0v) is 17.1. The van der Waals surface area contributed by atoms with Gasteiger partial charge in [-0.2, -0.15) is 0 Å². The van der Waals surface area contributed by atoms with Crippen molar-refractivity contribution in [2.75, 3.05) is 31.4 Å². The fraction of sp³-hybridized carbons (Fsp3) is 0.238. The number of hydrogen-bond donors (Lipinski definition) is 2. The first-order valence-corrected chi connectivity index (χ1v) is 9.08. The molecule has 1 unspecified atom stereocenters. The molecule has 2 N–H and O–H groups in total. The van der Waals surface area contributed by atoms with Crippen molar-refractivity contribution in [2.24, 2.45) is 0 Å². The Kier molecular flexibility index (Phi) is 7.46. The molecule has 1 atom stereocenters. The summed E-state index contributed by atoms with van der Waals surface area (Å²) in [6, 6.07) is 11.8. The van der Waals surface area contributed by atoms with Crippen molar-refractivity contribution in [2.45, 2.75) is 13.0 Å². The number of hydrogen-bond acceptors (Lipinski definition) is 4. The van der Waals surface area contributed by atoms with Gasteiger partial charge in [0.1, 0.15) is 11.8 Å². The zero-order chi connectivity index (χ0) is 20.7. The van der Waals surface area contributed by atoms with E-state index in [0.29, 0.717) is 10.7 Å². The third kappa shape index (κ3) is 6.03. The quantitative estimate of drug-likeness (QED) is 0.696. The molecule has 6 nitrogen and oxygen atoms in total. The lowest BCUT2D eigenvalue weighted by molar-refractivity contribution is -0.123. The van der Waals surface area contributed by atoms with Gasteiger partial charge in [0, 0.05) is 25.9 Å². The first-order chi connectivity index (χ1) is 13.3. The van der Waals surface area contributed by atoms with Crippen LogP contribution in [-0.4, -0.2) is 39.1 Å². The molecule has 2 aromatic carbocycles. The standard InChI is InChI=1S/C21H24ClN3O3/c1-14(21(27)24-16-8-11-19(25(2)3)18(22)13-16)23-20(26)12-7-15-5-9-17(28-4)10-6-15/h5-14H,1-4H3,(H,23,26)(H,24,27). The summed E-state index contributed by atoms with van der Waals surface area (Å²) in [5.74, 6) is 0.0462. The van der Waals surface area contributed by atoms with E-state index in [-0.39, 0.29) is 11.8 Å². The predicted molar refractivity (Wildman–Crippen MR) is 114 cm³/mol. The Hall–Kier alpha value is -2.99. The van der Waals surface area contributed by atoms with Crippen LogP contribution in [0.15, 0.2) is 48.5 Å². The third-order valence-electron chi connectivity index (χ3n) is 3.99. The molecule has 0 aliphatic rings. The molecule has 0 heterocycles. The molecule has 7 heteroatoms. The molecule has 0 aliphatic heterocycles. The highest BCUT2D eigenvalue weighted by Crippen LogP contribution is 2.27. The molecule has 0 saturated heterocycles. The van der Waals surface area contributed by atoms with Crippen molar-refractivity contribution < 1.29 is 14.3 Å². The monoisotopic (exact) mass is 401 g/mol. The number of carbonyl (C=O) groups is 2. The van der Waals surface area contributed by atoms with E-state index in [4.69, 9.17) is 16.3 Å². The largest absolute Gasteiger partial charge is 0.497 e. The van der Waals surface area contributed by atoms with Crippen LogP contribution in [0, 0.1) is 0 Å². The second kappa shape index (κ2) is 9.80. The number of ether oxygens (including phenoxy) is 1. The van der Waals surface area contributed by atoms with Crippen LogP contribution >= 0.6 is 11.6 Å². The van der Waals surface area contributed by atoms with E-state index in [2.05, 4.69) is 10.6 Å². The molecule has 0 bridgehead atoms. The van der Waals surface area contributed by atoms with Gasteiger partial charge in [0.15, 0.2) is 0 Å². The van der Waals surface area contributed by atoms with Crippen LogP contribution in [0.5, 0.6) is 5.75 Å². The smallest absolute Gasteiger partial charge is 0.246 e. The Morgan fingerprint density at radius 2 is 1.82 bits per heavy atom. The Morgan fingerprint density at radius 1 is 1.14 bits per heavy atom. The molecule has 148 valence electrons. The van der Waals surface area contributed by atoms with Crippen LogP contribution in [0.4, 0.5) is 11.4 Å². The van der Waals surface area contributed by atoms with E-state index in [9.17, 15) is 9.59 Å². The van der Waals surface area contributed by atoms with E-state index >= 15 is 0 Å². The van der Waals surface area contributed by atoms with Crippen LogP contribution in [0.25, 0.3) is 6.08 Å². The molecular formula is C21H24ClN3O3. The molecule has 2 amide bonds. The van der Waals surface area contributed by atoms with Crippen molar-refractivity contribution in [3.8, 4) is 5.75 Å². The summed E-state index contributed by atoms with van der Waals surface area (Å²) in [6.07, 6.45) is 3.05. The number of methoxy groups -OCH3 is 1. The minimum atomic E-state index is -0.708. The maximum Gasteiger partial charge on any atom is 0.246 e. The summed E-state index contributed by atoms with van der Waals surface area (Å²) in [7, 11) is 5.36. The van der Waals surface area contributed by atoms with Gasteiger partial charge in [-0.25, -0.2) is 0 Å². The number of benzene rings is 2. The summed E-state index contributed by atoms with van der Waals surface area (Å²) in [5.41, 5.74) is 2.27. The predicted octanol–water partition coefficient (Wildman–Crippen LogP) is 3.57. The fourth-order valence-corrected chi connectivity index (χ4v) is 2.76. The van der Waals surface area contributed by atoms with Gasteiger partial charge in [0.2, 0.25) is 11.8 Å².